The SMILES string of the molecule is CC(C)Cc1cc2c(OCC(=O)NCCN(C)C)c(c1)Cc1cc(CC(C)C)cc(c1OCC(=O)NCCN(C)C)Cc1cc(CC(C)C)cc(c1OCC(=O)NCCN(C)C)Cc1cc(CC(C)C)cc(c1OCC(=O)NCCN(C)C)C2. The highest BCUT2D eigenvalue weighted by atomic mass is 16.5. The van der Waals surface area contributed by atoms with Crippen LogP contribution in [-0.2, 0) is 70.5 Å². The molecular weight excluding hydrogens is 1060 g/mol. The number of benzene rings is 4. The third-order valence-corrected chi connectivity index (χ3v) is 14.2. The van der Waals surface area contributed by atoms with Gasteiger partial charge in [-0.05, 0) is 172 Å². The lowest BCUT2D eigenvalue weighted by Gasteiger charge is -2.25. The zero-order valence-electron chi connectivity index (χ0n) is 54.1. The van der Waals surface area contributed by atoms with E-state index in [2.05, 4.69) is 125 Å². The largest absolute Gasteiger partial charge is 0.483 e. The van der Waals surface area contributed by atoms with Crippen molar-refractivity contribution in [2.24, 2.45) is 23.7 Å². The molecule has 4 aromatic carbocycles. The summed E-state index contributed by atoms with van der Waals surface area (Å²) in [4.78, 5) is 63.4. The normalized spacial score (nSPS) is 12.5. The van der Waals surface area contributed by atoms with Crippen molar-refractivity contribution in [2.75, 3.05) is 135 Å². The second kappa shape index (κ2) is 34.1. The zero-order valence-corrected chi connectivity index (χ0v) is 54.1. The van der Waals surface area contributed by atoms with Gasteiger partial charge >= 0.3 is 0 Å². The zero-order chi connectivity index (χ0) is 61.6. The number of amides is 4. The first-order valence-corrected chi connectivity index (χ1v) is 30.6. The average molecular weight is 1160 g/mol. The number of rotatable bonds is 32. The van der Waals surface area contributed by atoms with Crippen molar-refractivity contribution in [3.05, 3.63) is 115 Å². The Bertz CT molecular complexity index is 2320. The Morgan fingerprint density at radius 2 is 0.500 bits per heavy atom. The first kappa shape index (κ1) is 68.6. The molecular formula is C68H104N8O8. The molecule has 0 aromatic heterocycles. The van der Waals surface area contributed by atoms with Crippen LogP contribution < -0.4 is 40.2 Å². The number of likely N-dealkylation sites (N-methyl/N-ethyl adjacent to an activating group) is 4. The molecule has 0 aliphatic heterocycles. The molecule has 8 bridgehead atoms. The van der Waals surface area contributed by atoms with E-state index in [4.69, 9.17) is 18.9 Å². The van der Waals surface area contributed by atoms with Crippen LogP contribution >= 0.6 is 0 Å². The summed E-state index contributed by atoms with van der Waals surface area (Å²) in [7, 11) is 15.8. The molecule has 0 saturated heterocycles. The maximum Gasteiger partial charge on any atom is 0.257 e. The number of carbonyl (C=O) groups is 4. The van der Waals surface area contributed by atoms with Gasteiger partial charge < -0.3 is 59.8 Å². The van der Waals surface area contributed by atoms with E-state index >= 15 is 0 Å². The Morgan fingerprint density at radius 3 is 0.643 bits per heavy atom. The second-order valence-electron chi connectivity index (χ2n) is 25.8. The second-order valence-corrected chi connectivity index (χ2v) is 25.8. The Morgan fingerprint density at radius 1 is 0.333 bits per heavy atom. The van der Waals surface area contributed by atoms with Crippen molar-refractivity contribution in [1.29, 1.82) is 0 Å². The third-order valence-electron chi connectivity index (χ3n) is 14.2. The molecule has 84 heavy (non-hydrogen) atoms. The van der Waals surface area contributed by atoms with Crippen molar-refractivity contribution in [2.45, 2.75) is 107 Å². The minimum Gasteiger partial charge on any atom is -0.483 e. The molecule has 16 heteroatoms. The molecule has 0 fully saturated rings. The van der Waals surface area contributed by atoms with Crippen molar-refractivity contribution >= 4 is 23.6 Å². The van der Waals surface area contributed by atoms with Crippen LogP contribution in [-0.4, -0.2) is 178 Å². The van der Waals surface area contributed by atoms with Crippen LogP contribution in [0.25, 0.3) is 0 Å². The number of nitrogens with zero attached hydrogens (tertiary/aromatic N) is 4. The molecule has 16 nitrogen and oxygen atoms in total. The van der Waals surface area contributed by atoms with Crippen LogP contribution in [0.2, 0.25) is 0 Å². The van der Waals surface area contributed by atoms with Gasteiger partial charge in [0.15, 0.2) is 26.4 Å². The van der Waals surface area contributed by atoms with E-state index in [0.29, 0.717) is 125 Å². The Labute approximate surface area is 504 Å². The molecule has 0 spiro atoms. The Kier molecular flexibility index (Phi) is 27.8. The van der Waals surface area contributed by atoms with Crippen LogP contribution in [0.15, 0.2) is 48.5 Å². The van der Waals surface area contributed by atoms with Gasteiger partial charge in [-0.2, -0.15) is 0 Å². The highest BCUT2D eigenvalue weighted by molar-refractivity contribution is 5.79. The van der Waals surface area contributed by atoms with Gasteiger partial charge in [-0.25, -0.2) is 0 Å². The van der Waals surface area contributed by atoms with Gasteiger partial charge in [0, 0.05) is 78.0 Å². The third kappa shape index (κ3) is 23.7. The van der Waals surface area contributed by atoms with E-state index in [1.165, 1.54) is 0 Å². The van der Waals surface area contributed by atoms with Gasteiger partial charge in [0.25, 0.3) is 23.6 Å². The van der Waals surface area contributed by atoms with Gasteiger partial charge in [-0.1, -0.05) is 104 Å². The van der Waals surface area contributed by atoms with Crippen molar-refractivity contribution in [1.82, 2.24) is 40.9 Å². The maximum atomic E-state index is 13.8. The van der Waals surface area contributed by atoms with Gasteiger partial charge in [0.05, 0.1) is 0 Å². The summed E-state index contributed by atoms with van der Waals surface area (Å²) in [5.74, 6) is 2.65. The van der Waals surface area contributed by atoms with E-state index in [9.17, 15) is 19.2 Å². The number of hydrogen-bond acceptors (Lipinski definition) is 12. The molecule has 0 saturated carbocycles. The van der Waals surface area contributed by atoms with Gasteiger partial charge in [-0.15, -0.1) is 0 Å². The summed E-state index contributed by atoms with van der Waals surface area (Å²) in [5.41, 5.74) is 11.4. The standard InChI is InChI=1S/C68H104N8O8/c1-45(2)25-49-29-53-37-55-31-50(26-46(3)4)33-57(66(55)82-42-62(78)70-18-22-74(11)12)39-59-35-52(28-48(7)8)36-60(68(59)84-44-64(80)72-20-24-76(15)16)40-58-34-51(27-47(5)6)32-56(67(58)83-43-63(79)71-19-23-75(13)14)38-54(30-49)65(53)81-41-61(77)69-17-21-73(9)10/h29-36,45-48H,17-28,37-44H2,1-16H3,(H,69,77)(H,70,78)(H,71,79)(H,72,80). The summed E-state index contributed by atoms with van der Waals surface area (Å²) >= 11 is 0. The average Bonchev–Trinajstić information content (AvgIpc) is 3.55. The Balaban J connectivity index is 1.93. The fourth-order valence-electron chi connectivity index (χ4n) is 10.7. The molecule has 0 unspecified atom stereocenters. The summed E-state index contributed by atoms with van der Waals surface area (Å²) in [6.45, 7) is 21.4. The minimum atomic E-state index is -0.236. The molecule has 0 atom stereocenters. The first-order chi connectivity index (χ1) is 39.8. The van der Waals surface area contributed by atoms with E-state index in [-0.39, 0.29) is 50.1 Å². The summed E-state index contributed by atoms with van der Waals surface area (Å²) in [6.07, 6.45) is 4.49. The quantitative estimate of drug-likeness (QED) is 0.0338. The molecule has 464 valence electrons. The smallest absolute Gasteiger partial charge is 0.257 e. The van der Waals surface area contributed by atoms with Crippen LogP contribution in [0.1, 0.15) is 122 Å². The number of carbonyl (C=O) groups excluding carboxylic acids is 4. The summed E-state index contributed by atoms with van der Waals surface area (Å²) in [5, 5.41) is 12.2. The molecule has 5 rings (SSSR count). The molecule has 4 amide bonds. The molecule has 4 N–H and O–H groups in total. The van der Waals surface area contributed by atoms with Crippen LogP contribution in [0.5, 0.6) is 23.0 Å². The number of ether oxygens (including phenoxy) is 4. The van der Waals surface area contributed by atoms with Crippen LogP contribution in [0, 0.1) is 23.7 Å². The van der Waals surface area contributed by atoms with Crippen LogP contribution in [0.4, 0.5) is 0 Å². The van der Waals surface area contributed by atoms with Gasteiger partial charge in [0.2, 0.25) is 0 Å². The van der Waals surface area contributed by atoms with Gasteiger partial charge in [0.1, 0.15) is 23.0 Å². The van der Waals surface area contributed by atoms with Crippen molar-refractivity contribution < 1.29 is 38.1 Å². The van der Waals surface area contributed by atoms with E-state index in [0.717, 1.165) is 92.4 Å². The maximum absolute atomic E-state index is 13.8. The predicted octanol–water partition coefficient (Wildman–Crippen LogP) is 7.38. The minimum absolute atomic E-state index is 0.217. The van der Waals surface area contributed by atoms with Gasteiger partial charge in [-0.3, -0.25) is 19.2 Å². The van der Waals surface area contributed by atoms with Crippen molar-refractivity contribution in [3.63, 3.8) is 0 Å². The number of fused-ring (bicyclic) bond motifs is 8. The predicted molar refractivity (Wildman–Crippen MR) is 339 cm³/mol. The van der Waals surface area contributed by atoms with E-state index < -0.39 is 0 Å². The molecule has 1 aliphatic rings. The van der Waals surface area contributed by atoms with E-state index in [1.54, 1.807) is 0 Å². The number of nitrogens with one attached hydrogen (secondary N) is 4. The topological polar surface area (TPSA) is 166 Å². The highest BCUT2D eigenvalue weighted by Gasteiger charge is 2.27. The first-order valence-electron chi connectivity index (χ1n) is 30.6. The molecule has 0 radical (unpaired) electrons. The molecule has 1 aliphatic carbocycles. The lowest BCUT2D eigenvalue weighted by Crippen LogP contribution is -2.34. The van der Waals surface area contributed by atoms with E-state index in [1.807, 2.05) is 76.0 Å². The van der Waals surface area contributed by atoms with Crippen molar-refractivity contribution in [3.8, 4) is 23.0 Å². The van der Waals surface area contributed by atoms with Crippen LogP contribution in [0.3, 0.4) is 0 Å². The fraction of sp³-hybridized carbons (Fsp3) is 0.588. The monoisotopic (exact) mass is 1160 g/mol. The Hall–Kier alpha value is -6.20. The fourth-order valence-corrected chi connectivity index (χ4v) is 10.7. The summed E-state index contributed by atoms with van der Waals surface area (Å²) in [6, 6.07) is 17.7. The lowest BCUT2D eigenvalue weighted by atomic mass is 9.86. The lowest BCUT2D eigenvalue weighted by molar-refractivity contribution is -0.123. The molecule has 0 heterocycles. The summed E-state index contributed by atoms with van der Waals surface area (Å²) < 4.78 is 27.6. The highest BCUT2D eigenvalue weighted by Crippen LogP contribution is 2.42. The molecule has 4 aromatic rings. The number of hydrogen-bond donors (Lipinski definition) is 4.